The summed E-state index contributed by atoms with van der Waals surface area (Å²) in [7, 11) is 0.923. The summed E-state index contributed by atoms with van der Waals surface area (Å²) in [6.07, 6.45) is 8.71. The second kappa shape index (κ2) is 19.8. The first-order valence-corrected chi connectivity index (χ1v) is 26.7. The molecule has 0 aliphatic carbocycles. The highest BCUT2D eigenvalue weighted by Crippen LogP contribution is 2.41. The molecule has 17 nitrogen and oxygen atoms in total. The molecule has 3 N–H and O–H groups in total. The van der Waals surface area contributed by atoms with Gasteiger partial charge in [-0.15, -0.1) is 0 Å². The summed E-state index contributed by atoms with van der Waals surface area (Å²) >= 11 is 0. The van der Waals surface area contributed by atoms with Crippen molar-refractivity contribution in [3.63, 3.8) is 0 Å². The maximum atomic E-state index is 15.4. The minimum absolute atomic E-state index is 0.0819. The number of anilines is 5. The van der Waals surface area contributed by atoms with Crippen LogP contribution in [0.25, 0.3) is 11.1 Å². The predicted molar refractivity (Wildman–Crippen MR) is 269 cm³/mol. The molecule has 1 unspecified atom stereocenters. The van der Waals surface area contributed by atoms with E-state index in [1.54, 1.807) is 43.6 Å². The van der Waals surface area contributed by atoms with Crippen molar-refractivity contribution in [3.8, 4) is 22.6 Å². The van der Waals surface area contributed by atoms with Crippen LogP contribution >= 0.6 is 7.14 Å². The number of carbonyl (C=O) groups is 3. The van der Waals surface area contributed by atoms with E-state index in [-0.39, 0.29) is 48.8 Å². The van der Waals surface area contributed by atoms with E-state index in [1.165, 1.54) is 16.5 Å². The van der Waals surface area contributed by atoms with Gasteiger partial charge in [-0.25, -0.2) is 9.37 Å². The highest BCUT2D eigenvalue weighted by atomic mass is 31.2. The molecule has 0 bridgehead atoms. The third kappa shape index (κ3) is 10.1. The van der Waals surface area contributed by atoms with E-state index in [1.807, 2.05) is 37.5 Å². The number of piperidine rings is 2. The van der Waals surface area contributed by atoms with Crippen molar-refractivity contribution in [1.82, 2.24) is 39.8 Å². The molecule has 70 heavy (non-hydrogen) atoms. The Hall–Kier alpha value is -6.36. The first-order valence-electron chi connectivity index (χ1n) is 24.1. The number of aromatic nitrogens is 4. The van der Waals surface area contributed by atoms with Crippen LogP contribution in [0.1, 0.15) is 67.9 Å². The van der Waals surface area contributed by atoms with E-state index in [2.05, 4.69) is 68.7 Å². The van der Waals surface area contributed by atoms with Crippen LogP contribution < -0.4 is 35.6 Å². The Morgan fingerprint density at radius 2 is 1.67 bits per heavy atom. The monoisotopic (exact) mass is 975 g/mol. The molecule has 1 atom stereocenters. The average Bonchev–Trinajstić information content (AvgIpc) is 3.92. The number of halogens is 1. The van der Waals surface area contributed by atoms with Gasteiger partial charge in [-0.2, -0.15) is 10.1 Å². The fraction of sp³-hybridized carbons (Fsp3) is 0.451. The van der Waals surface area contributed by atoms with E-state index in [0.29, 0.717) is 34.8 Å². The van der Waals surface area contributed by atoms with Crippen LogP contribution in [-0.2, 0) is 34.2 Å². The number of hydrogen-bond acceptors (Lipinski definition) is 14. The van der Waals surface area contributed by atoms with Gasteiger partial charge in [0, 0.05) is 117 Å². The molecule has 3 saturated heterocycles. The molecule has 6 heterocycles. The largest absolute Gasteiger partial charge is 0.494 e. The number of benzene rings is 3. The molecule has 3 fully saturated rings. The number of nitrogens with one attached hydrogen (secondary N) is 3. The number of carbonyl (C=O) groups excluding carboxylic acids is 3. The summed E-state index contributed by atoms with van der Waals surface area (Å²) in [6.45, 7) is 15.7. The lowest BCUT2D eigenvalue weighted by Crippen LogP contribution is -2.59. The zero-order valence-electron chi connectivity index (χ0n) is 41.1. The Labute approximate surface area is 408 Å². The SMILES string of the molecule is CCc1cc(Nc2ncc(-c3cnn(C)c3)c(Nc3ccccc3P(C)(C)=O)n2)c(OC)cc1N1CCC(N2CCN(C(C)(C)COc3cc4c(cc3F)C(=O)N(C3CCC(=O)NC3=O)C4)CC2)CC1. The molecule has 3 aromatic carbocycles. The number of piperazine rings is 1. The van der Waals surface area contributed by atoms with Gasteiger partial charge in [0.2, 0.25) is 17.8 Å². The van der Waals surface area contributed by atoms with Gasteiger partial charge in [-0.3, -0.25) is 34.2 Å². The van der Waals surface area contributed by atoms with Crippen LogP contribution in [-0.4, -0.2) is 136 Å². The molecule has 370 valence electrons. The summed E-state index contributed by atoms with van der Waals surface area (Å²) < 4.78 is 42.5. The number of nitrogens with zero attached hydrogens (tertiary/aromatic N) is 8. The van der Waals surface area contributed by atoms with Crippen LogP contribution in [0, 0.1) is 5.82 Å². The van der Waals surface area contributed by atoms with Crippen LogP contribution in [0.3, 0.4) is 0 Å². The Balaban J connectivity index is 0.810. The van der Waals surface area contributed by atoms with Gasteiger partial charge in [0.05, 0.1) is 24.7 Å². The Bertz CT molecular complexity index is 2850. The fourth-order valence-electron chi connectivity index (χ4n) is 10.3. The molecule has 0 spiro atoms. The third-order valence-electron chi connectivity index (χ3n) is 14.2. The molecular weight excluding hydrogens is 913 g/mol. The molecule has 9 rings (SSSR count). The number of para-hydroxylation sites is 1. The Morgan fingerprint density at radius 3 is 2.36 bits per heavy atom. The minimum atomic E-state index is -2.61. The second-order valence-corrected chi connectivity index (χ2v) is 22.9. The number of imide groups is 1. The highest BCUT2D eigenvalue weighted by Gasteiger charge is 2.40. The second-order valence-electron chi connectivity index (χ2n) is 19.7. The number of ether oxygens (including phenoxy) is 2. The maximum Gasteiger partial charge on any atom is 0.255 e. The molecule has 3 amide bonds. The summed E-state index contributed by atoms with van der Waals surface area (Å²) in [4.78, 5) is 55.9. The van der Waals surface area contributed by atoms with E-state index in [0.717, 1.165) is 86.3 Å². The zero-order chi connectivity index (χ0) is 49.5. The Kier molecular flexibility index (Phi) is 13.8. The average molecular weight is 976 g/mol. The van der Waals surface area contributed by atoms with Crippen LogP contribution in [0.2, 0.25) is 0 Å². The summed E-state index contributed by atoms with van der Waals surface area (Å²) in [5.74, 6) is -0.205. The molecular formula is C51H63FN11O6P. The van der Waals surface area contributed by atoms with E-state index in [9.17, 15) is 18.9 Å². The van der Waals surface area contributed by atoms with Gasteiger partial charge in [-0.1, -0.05) is 19.1 Å². The lowest BCUT2D eigenvalue weighted by Gasteiger charge is -2.47. The topological polar surface area (TPSA) is 179 Å². The number of hydrogen-bond donors (Lipinski definition) is 3. The number of amides is 3. The van der Waals surface area contributed by atoms with E-state index >= 15 is 4.39 Å². The van der Waals surface area contributed by atoms with Gasteiger partial charge < -0.3 is 34.5 Å². The van der Waals surface area contributed by atoms with Crippen molar-refractivity contribution in [2.45, 2.75) is 77.0 Å². The predicted octanol–water partition coefficient (Wildman–Crippen LogP) is 6.53. The minimum Gasteiger partial charge on any atom is -0.494 e. The molecule has 2 aromatic heterocycles. The molecule has 19 heteroatoms. The number of rotatable bonds is 15. The van der Waals surface area contributed by atoms with Gasteiger partial charge in [0.1, 0.15) is 31.4 Å². The lowest BCUT2D eigenvalue weighted by molar-refractivity contribution is -0.136. The van der Waals surface area contributed by atoms with Crippen molar-refractivity contribution in [1.29, 1.82) is 0 Å². The molecule has 4 aliphatic rings. The summed E-state index contributed by atoms with van der Waals surface area (Å²) in [5.41, 5.74) is 5.84. The smallest absolute Gasteiger partial charge is 0.255 e. The van der Waals surface area contributed by atoms with E-state index < -0.39 is 30.8 Å². The quantitative estimate of drug-likeness (QED) is 0.0762. The molecule has 0 saturated carbocycles. The zero-order valence-corrected chi connectivity index (χ0v) is 41.9. The highest BCUT2D eigenvalue weighted by molar-refractivity contribution is 7.70. The first kappa shape index (κ1) is 48.7. The normalized spacial score (nSPS) is 18.5. The van der Waals surface area contributed by atoms with Crippen molar-refractivity contribution >= 4 is 59.0 Å². The summed E-state index contributed by atoms with van der Waals surface area (Å²) in [5, 5.41) is 14.3. The first-order chi connectivity index (χ1) is 33.5. The van der Waals surface area contributed by atoms with Gasteiger partial charge in [-0.05, 0) is 94.3 Å². The van der Waals surface area contributed by atoms with Crippen LogP contribution in [0.15, 0.2) is 67.1 Å². The van der Waals surface area contributed by atoms with Crippen molar-refractivity contribution < 1.29 is 32.8 Å². The standard InChI is InChI=1S/C51H63FN11O6P/c1-8-32-23-40(56-50-53-28-37(34-27-54-59(4)29-34)47(58-50)55-39-11-9-10-12-45(39)70(6,7)67)44(68-5)26-42(32)61-17-15-35(16-18-61)60-19-21-62(22-20-60)51(2,3)31-69-43-24-33-30-63(49(66)36(33)25-38(43)52)41-13-14-46(64)57-48(41)65/h9-12,23-29,35,41H,8,13-22,30-31H2,1-7H3,(H,57,64,65)(H2,53,55,56,58). The molecule has 4 aliphatic heterocycles. The lowest BCUT2D eigenvalue weighted by atomic mass is 9.98. The van der Waals surface area contributed by atoms with Crippen molar-refractivity contribution in [2.75, 3.05) is 81.8 Å². The van der Waals surface area contributed by atoms with Crippen molar-refractivity contribution in [2.24, 2.45) is 7.05 Å². The third-order valence-corrected chi connectivity index (χ3v) is 15.8. The molecule has 0 radical (unpaired) electrons. The number of fused-ring (bicyclic) bond motifs is 1. The van der Waals surface area contributed by atoms with Gasteiger partial charge in [0.15, 0.2) is 11.6 Å². The van der Waals surface area contributed by atoms with Gasteiger partial charge in [0.25, 0.3) is 5.91 Å². The van der Waals surface area contributed by atoms with E-state index in [4.69, 9.17) is 19.4 Å². The van der Waals surface area contributed by atoms with Crippen LogP contribution in [0.5, 0.6) is 11.5 Å². The number of aryl methyl sites for hydroxylation is 2. The van der Waals surface area contributed by atoms with Gasteiger partial charge >= 0.3 is 0 Å². The van der Waals surface area contributed by atoms with Crippen LogP contribution in [0.4, 0.5) is 33.2 Å². The molecule has 5 aromatic rings. The fourth-order valence-corrected chi connectivity index (χ4v) is 11.4. The Morgan fingerprint density at radius 1 is 0.914 bits per heavy atom. The summed E-state index contributed by atoms with van der Waals surface area (Å²) in [6, 6.07) is 14.3. The van der Waals surface area contributed by atoms with Crippen molar-refractivity contribution in [3.05, 3.63) is 89.6 Å². The maximum absolute atomic E-state index is 15.4. The number of methoxy groups -OCH3 is 1.